The van der Waals surface area contributed by atoms with E-state index < -0.39 is 36.4 Å². The van der Waals surface area contributed by atoms with Crippen LogP contribution in [0.5, 0.6) is 0 Å². The maximum absolute atomic E-state index is 11.9. The largest absolute Gasteiger partial charge is 0.479 e. The third kappa shape index (κ3) is 4.47. The molecule has 1 aromatic rings. The van der Waals surface area contributed by atoms with Crippen molar-refractivity contribution in [3.05, 3.63) is 33.4 Å². The Labute approximate surface area is 138 Å². The van der Waals surface area contributed by atoms with E-state index in [-0.39, 0.29) is 11.8 Å². The summed E-state index contributed by atoms with van der Waals surface area (Å²) in [6, 6.07) is 6.29. The first-order valence-electron chi connectivity index (χ1n) is 5.97. The summed E-state index contributed by atoms with van der Waals surface area (Å²) in [6.07, 6.45) is -8.40. The summed E-state index contributed by atoms with van der Waals surface area (Å²) >= 11 is 1.87. The number of aliphatic hydroxyl groups is 3. The lowest BCUT2D eigenvalue weighted by molar-refractivity contribution is -0.164. The first kappa shape index (κ1) is 18.5. The fraction of sp³-hybridized carbons (Fsp3) is 0.308. The number of aldehydes is 1. The monoisotopic (exact) mass is 424 g/mol. The average molecular weight is 424 g/mol. The molecule has 120 valence electrons. The minimum absolute atomic E-state index is 0.0379. The van der Waals surface area contributed by atoms with Gasteiger partial charge in [-0.25, -0.2) is 9.59 Å². The normalized spacial score (nSPS) is 16.2. The number of aliphatic carboxylic acids is 1. The third-order valence-corrected chi connectivity index (χ3v) is 3.67. The van der Waals surface area contributed by atoms with Crippen LogP contribution in [0.4, 0.5) is 0 Å². The number of carboxylic acid groups (broad SMARTS) is 1. The van der Waals surface area contributed by atoms with E-state index in [2.05, 4.69) is 0 Å². The number of carboxylic acids is 1. The molecule has 0 aliphatic carbocycles. The van der Waals surface area contributed by atoms with Gasteiger partial charge in [-0.3, -0.25) is 4.79 Å². The minimum Gasteiger partial charge on any atom is -0.479 e. The van der Waals surface area contributed by atoms with Crippen LogP contribution in [0.25, 0.3) is 0 Å². The van der Waals surface area contributed by atoms with Crippen LogP contribution in [0.15, 0.2) is 24.3 Å². The molecule has 0 fully saturated rings. The molecule has 4 atom stereocenters. The predicted octanol–water partition coefficient (Wildman–Crippen LogP) is -0.817. The van der Waals surface area contributed by atoms with Gasteiger partial charge in [0.2, 0.25) is 0 Å². The van der Waals surface area contributed by atoms with Gasteiger partial charge in [-0.05, 0) is 34.7 Å². The van der Waals surface area contributed by atoms with Crippen LogP contribution >= 0.6 is 22.6 Å². The molecule has 0 aliphatic rings. The van der Waals surface area contributed by atoms with Crippen molar-refractivity contribution in [1.82, 2.24) is 0 Å². The molecule has 0 saturated heterocycles. The molecular formula is C13H13IO8. The number of carbonyl (C=O) groups is 3. The van der Waals surface area contributed by atoms with Crippen molar-refractivity contribution in [2.45, 2.75) is 24.4 Å². The zero-order valence-electron chi connectivity index (χ0n) is 11.0. The van der Waals surface area contributed by atoms with Crippen molar-refractivity contribution in [1.29, 1.82) is 0 Å². The summed E-state index contributed by atoms with van der Waals surface area (Å²) in [5.74, 6) is -2.72. The Kier molecular flexibility index (Phi) is 6.87. The van der Waals surface area contributed by atoms with Gasteiger partial charge in [-0.1, -0.05) is 12.1 Å². The topological polar surface area (TPSA) is 141 Å². The number of hydrogen-bond donors (Lipinski definition) is 4. The Morgan fingerprint density at radius 3 is 2.23 bits per heavy atom. The zero-order valence-corrected chi connectivity index (χ0v) is 13.2. The lowest BCUT2D eigenvalue weighted by Gasteiger charge is -2.24. The Morgan fingerprint density at radius 1 is 1.14 bits per heavy atom. The second-order valence-corrected chi connectivity index (χ2v) is 5.41. The number of halogens is 1. The lowest BCUT2D eigenvalue weighted by Crippen LogP contribution is -2.49. The van der Waals surface area contributed by atoms with Crippen LogP contribution in [-0.2, 0) is 14.3 Å². The number of benzene rings is 1. The number of hydrogen-bond acceptors (Lipinski definition) is 7. The average Bonchev–Trinajstić information content (AvgIpc) is 2.50. The maximum Gasteiger partial charge on any atom is 0.340 e. The van der Waals surface area contributed by atoms with Crippen molar-refractivity contribution in [3.63, 3.8) is 0 Å². The van der Waals surface area contributed by atoms with E-state index in [4.69, 9.17) is 14.9 Å². The smallest absolute Gasteiger partial charge is 0.340 e. The van der Waals surface area contributed by atoms with E-state index >= 15 is 0 Å². The van der Waals surface area contributed by atoms with E-state index in [0.717, 1.165) is 0 Å². The van der Waals surface area contributed by atoms with Crippen molar-refractivity contribution < 1.29 is 39.5 Å². The molecule has 1 aromatic carbocycles. The van der Waals surface area contributed by atoms with Crippen molar-refractivity contribution in [3.8, 4) is 0 Å². The predicted molar refractivity (Wildman–Crippen MR) is 80.1 cm³/mol. The molecular weight excluding hydrogens is 411 g/mol. The van der Waals surface area contributed by atoms with Gasteiger partial charge in [-0.2, -0.15) is 0 Å². The highest BCUT2D eigenvalue weighted by molar-refractivity contribution is 14.1. The maximum atomic E-state index is 11.9. The van der Waals surface area contributed by atoms with E-state index in [0.29, 0.717) is 3.57 Å². The van der Waals surface area contributed by atoms with Crippen molar-refractivity contribution in [2.24, 2.45) is 0 Å². The van der Waals surface area contributed by atoms with Gasteiger partial charge in [-0.15, -0.1) is 0 Å². The molecule has 0 radical (unpaired) electrons. The fourth-order valence-electron chi connectivity index (χ4n) is 1.52. The Morgan fingerprint density at radius 2 is 1.73 bits per heavy atom. The zero-order chi connectivity index (χ0) is 16.9. The van der Waals surface area contributed by atoms with Crippen LogP contribution in [-0.4, -0.2) is 63.1 Å². The molecule has 9 heteroatoms. The van der Waals surface area contributed by atoms with E-state index in [1.165, 1.54) is 6.07 Å². The second kappa shape index (κ2) is 8.17. The molecule has 0 aromatic heterocycles. The number of rotatable bonds is 7. The third-order valence-electron chi connectivity index (χ3n) is 2.73. The second-order valence-electron chi connectivity index (χ2n) is 4.25. The quantitative estimate of drug-likeness (QED) is 0.253. The van der Waals surface area contributed by atoms with Crippen LogP contribution < -0.4 is 0 Å². The highest BCUT2D eigenvalue weighted by Crippen LogP contribution is 2.15. The van der Waals surface area contributed by atoms with Crippen molar-refractivity contribution in [2.75, 3.05) is 0 Å². The number of esters is 1. The van der Waals surface area contributed by atoms with E-state index in [1.807, 2.05) is 22.6 Å². The van der Waals surface area contributed by atoms with Crippen molar-refractivity contribution >= 4 is 40.8 Å². The highest BCUT2D eigenvalue weighted by Gasteiger charge is 2.37. The van der Waals surface area contributed by atoms with Gasteiger partial charge < -0.3 is 25.2 Å². The van der Waals surface area contributed by atoms with Gasteiger partial charge in [0.15, 0.2) is 18.5 Å². The molecule has 0 unspecified atom stereocenters. The summed E-state index contributed by atoms with van der Waals surface area (Å²) in [5, 5.41) is 36.8. The van der Waals surface area contributed by atoms with E-state index in [1.54, 1.807) is 18.2 Å². The van der Waals surface area contributed by atoms with Crippen LogP contribution in [0.2, 0.25) is 0 Å². The van der Waals surface area contributed by atoms with Gasteiger partial charge in [0.1, 0.15) is 12.2 Å². The SMILES string of the molecule is O=C[C@H](OC(=O)c1ccccc1I)[C@@H](O)[C@H](O)[C@H](O)C(=O)O. The van der Waals surface area contributed by atoms with Gasteiger partial charge in [0, 0.05) is 3.57 Å². The van der Waals surface area contributed by atoms with Crippen LogP contribution in [0, 0.1) is 3.57 Å². The van der Waals surface area contributed by atoms with Gasteiger partial charge >= 0.3 is 11.9 Å². The number of ether oxygens (including phenoxy) is 1. The first-order valence-corrected chi connectivity index (χ1v) is 7.05. The minimum atomic E-state index is -2.33. The molecule has 0 spiro atoms. The van der Waals surface area contributed by atoms with Gasteiger partial charge in [0.25, 0.3) is 0 Å². The summed E-state index contributed by atoms with van der Waals surface area (Å²) in [4.78, 5) is 33.4. The standard InChI is InChI=1S/C13H13IO8/c14-7-4-2-1-3-6(7)13(21)22-8(5-15)9(16)10(17)11(18)12(19)20/h1-5,8-11,16-18H,(H,19,20)/t8-,9+,10-,11-/m0/s1. The molecule has 0 bridgehead atoms. The summed E-state index contributed by atoms with van der Waals surface area (Å²) in [6.45, 7) is 0. The fourth-order valence-corrected chi connectivity index (χ4v) is 2.13. The molecule has 0 saturated carbocycles. The Balaban J connectivity index is 2.84. The molecule has 8 nitrogen and oxygen atoms in total. The Bertz CT molecular complexity index is 561. The molecule has 0 aliphatic heterocycles. The number of aliphatic hydroxyl groups excluding tert-OH is 3. The molecule has 0 amide bonds. The summed E-state index contributed by atoms with van der Waals surface area (Å²) in [5.41, 5.74) is 0.135. The molecule has 0 heterocycles. The first-order chi connectivity index (χ1) is 10.3. The van der Waals surface area contributed by atoms with E-state index in [9.17, 15) is 24.6 Å². The van der Waals surface area contributed by atoms with Gasteiger partial charge in [0.05, 0.1) is 5.56 Å². The lowest BCUT2D eigenvalue weighted by atomic mass is 10.0. The Hall–Kier alpha value is -1.56. The molecule has 22 heavy (non-hydrogen) atoms. The highest BCUT2D eigenvalue weighted by atomic mass is 127. The molecule has 4 N–H and O–H groups in total. The molecule has 1 rings (SSSR count). The summed E-state index contributed by atoms with van der Waals surface area (Å²) < 4.78 is 5.29. The van der Waals surface area contributed by atoms with Crippen LogP contribution in [0.3, 0.4) is 0 Å². The number of carbonyl (C=O) groups excluding carboxylic acids is 2. The van der Waals surface area contributed by atoms with Crippen LogP contribution in [0.1, 0.15) is 10.4 Å². The summed E-state index contributed by atoms with van der Waals surface area (Å²) in [7, 11) is 0.